The van der Waals surface area contributed by atoms with Gasteiger partial charge in [-0.2, -0.15) is 13.9 Å². The number of benzene rings is 1. The maximum absolute atomic E-state index is 14.1. The number of nitrogens with one attached hydrogen (secondary N) is 2. The van der Waals surface area contributed by atoms with Crippen molar-refractivity contribution in [1.82, 2.24) is 10.8 Å². The number of hydroxylamine groups is 1. The van der Waals surface area contributed by atoms with Gasteiger partial charge in [0.1, 0.15) is 41.0 Å². The normalized spacial score (nSPS) is 29.9. The molecule has 4 bridgehead atoms. The molecule has 0 spiro atoms. The molecule has 21 heteroatoms. The zero-order chi connectivity index (χ0) is 42.5. The Balaban J connectivity index is 1.73. The highest BCUT2D eigenvalue weighted by atomic mass is 35.5. The molecule has 3 aliphatic rings. The Morgan fingerprint density at radius 1 is 1.23 bits per heavy atom. The average molecular weight is 844 g/mol. The molecule has 3 amide bonds. The molecule has 8 unspecified atom stereocenters. The molecule has 2 saturated heterocycles. The van der Waals surface area contributed by atoms with Crippen LogP contribution in [0, 0.1) is 5.92 Å². The second-order valence-corrected chi connectivity index (χ2v) is 16.1. The van der Waals surface area contributed by atoms with Gasteiger partial charge in [-0.05, 0) is 38.0 Å². The standard InChI is InChI=1S/C36H46ClN3O16S/c1-19-9-7-10-26(52-6)36(47)18-24(53-34(46)38-36)20(2)32-35(3,55-32)27(17-29(43)40(4)22-14-21(13-19)15-23(51-5)31(22)37)54-30(44)16-25(57(48,49)50)33(45)56-39-28(42)11-8-12-41/h7,9-10,12,14-15,20,24-27,32,47H,8,11,13,16-18H2,1-6H3,(H,38,46)(H,39,42)(H,48,49,50)/b10-7+,19-9+. The van der Waals surface area contributed by atoms with Crippen molar-refractivity contribution in [2.75, 3.05) is 26.2 Å². The molecule has 0 saturated carbocycles. The highest BCUT2D eigenvalue weighted by Crippen LogP contribution is 2.49. The number of hydrogen-bond acceptors (Lipinski definition) is 15. The largest absolute Gasteiger partial charge is 0.495 e. The number of amides is 3. The van der Waals surface area contributed by atoms with Gasteiger partial charge in [-0.15, -0.1) is 0 Å². The number of fused-ring (bicyclic) bond motifs is 5. The van der Waals surface area contributed by atoms with Crippen LogP contribution in [0.2, 0.25) is 5.02 Å². The van der Waals surface area contributed by atoms with Crippen molar-refractivity contribution in [3.63, 3.8) is 0 Å². The summed E-state index contributed by atoms with van der Waals surface area (Å²) in [5.74, 6) is -5.26. The Morgan fingerprint density at radius 2 is 1.93 bits per heavy atom. The lowest BCUT2D eigenvalue weighted by Crippen LogP contribution is -2.63. The van der Waals surface area contributed by atoms with E-state index < -0.39 is 106 Å². The third-order valence-corrected chi connectivity index (χ3v) is 11.4. The molecule has 3 aliphatic heterocycles. The van der Waals surface area contributed by atoms with Crippen LogP contribution in [0.3, 0.4) is 0 Å². The van der Waals surface area contributed by atoms with E-state index in [-0.39, 0.29) is 29.3 Å². The summed E-state index contributed by atoms with van der Waals surface area (Å²) in [5.41, 5.74) is -0.0843. The highest BCUT2D eigenvalue weighted by molar-refractivity contribution is 7.87. The van der Waals surface area contributed by atoms with E-state index >= 15 is 0 Å². The van der Waals surface area contributed by atoms with Crippen molar-refractivity contribution >= 4 is 63.5 Å². The number of aldehydes is 1. The van der Waals surface area contributed by atoms with E-state index in [1.165, 1.54) is 33.1 Å². The second kappa shape index (κ2) is 18.3. The maximum atomic E-state index is 14.1. The van der Waals surface area contributed by atoms with E-state index in [1.807, 2.05) is 6.92 Å². The van der Waals surface area contributed by atoms with Crippen LogP contribution in [0.4, 0.5) is 10.5 Å². The molecule has 0 aromatic heterocycles. The zero-order valence-corrected chi connectivity index (χ0v) is 33.6. The van der Waals surface area contributed by atoms with Gasteiger partial charge in [0.05, 0.1) is 31.7 Å². The van der Waals surface area contributed by atoms with Crippen molar-refractivity contribution in [1.29, 1.82) is 0 Å². The quantitative estimate of drug-likeness (QED) is 0.0654. The van der Waals surface area contributed by atoms with E-state index in [0.717, 1.165) is 5.57 Å². The predicted octanol–water partition coefficient (Wildman–Crippen LogP) is 1.87. The number of alkyl carbamates (subject to hydrolysis) is 1. The van der Waals surface area contributed by atoms with Crippen LogP contribution < -0.4 is 20.4 Å². The summed E-state index contributed by atoms with van der Waals surface area (Å²) in [7, 11) is -1.18. The number of epoxide rings is 1. The fraction of sp³-hybridized carbons (Fsp3) is 0.556. The van der Waals surface area contributed by atoms with Crippen LogP contribution in [-0.4, -0.2) is 116 Å². The number of nitrogens with zero attached hydrogens (tertiary/aromatic N) is 1. The summed E-state index contributed by atoms with van der Waals surface area (Å²) in [6, 6.07) is 3.35. The third-order valence-electron chi connectivity index (χ3n) is 9.95. The van der Waals surface area contributed by atoms with Crippen LogP contribution in [0.25, 0.3) is 0 Å². The minimum absolute atomic E-state index is 0.0870. The summed E-state index contributed by atoms with van der Waals surface area (Å²) < 4.78 is 62.6. The fourth-order valence-corrected chi connectivity index (χ4v) is 7.64. The molecule has 3 heterocycles. The molecule has 19 nitrogen and oxygen atoms in total. The van der Waals surface area contributed by atoms with Gasteiger partial charge in [-0.25, -0.2) is 9.59 Å². The summed E-state index contributed by atoms with van der Waals surface area (Å²) in [5, 5.41) is 11.6. The van der Waals surface area contributed by atoms with Gasteiger partial charge in [0.25, 0.3) is 16.0 Å². The predicted molar refractivity (Wildman–Crippen MR) is 198 cm³/mol. The van der Waals surface area contributed by atoms with Gasteiger partial charge in [-0.3, -0.25) is 24.3 Å². The Hall–Kier alpha value is -4.60. The first-order valence-electron chi connectivity index (χ1n) is 17.6. The third kappa shape index (κ3) is 10.9. The lowest BCUT2D eigenvalue weighted by atomic mass is 9.83. The van der Waals surface area contributed by atoms with Gasteiger partial charge in [0, 0.05) is 39.3 Å². The number of ether oxygens (including phenoxy) is 5. The first kappa shape index (κ1) is 45.1. The van der Waals surface area contributed by atoms with Gasteiger partial charge in [-0.1, -0.05) is 42.3 Å². The molecule has 57 heavy (non-hydrogen) atoms. The number of halogens is 1. The van der Waals surface area contributed by atoms with Crippen molar-refractivity contribution in [2.24, 2.45) is 5.92 Å². The van der Waals surface area contributed by atoms with Crippen LogP contribution in [0.15, 0.2) is 35.9 Å². The molecule has 0 radical (unpaired) electrons. The molecule has 314 valence electrons. The number of hydrogen-bond donors (Lipinski definition) is 4. The molecule has 4 N–H and O–H groups in total. The number of esters is 1. The molecular formula is C36H46ClN3O16S. The second-order valence-electron chi connectivity index (χ2n) is 14.1. The van der Waals surface area contributed by atoms with Crippen molar-refractivity contribution < 1.29 is 75.4 Å². The summed E-state index contributed by atoms with van der Waals surface area (Å²) >= 11 is 6.68. The number of anilines is 1. The van der Waals surface area contributed by atoms with Crippen molar-refractivity contribution in [3.05, 3.63) is 46.5 Å². The van der Waals surface area contributed by atoms with Gasteiger partial charge in [0.15, 0.2) is 11.0 Å². The van der Waals surface area contributed by atoms with Gasteiger partial charge >= 0.3 is 18.0 Å². The zero-order valence-electron chi connectivity index (χ0n) is 32.0. The lowest BCUT2D eigenvalue weighted by molar-refractivity contribution is -0.162. The molecule has 4 rings (SSSR count). The van der Waals surface area contributed by atoms with E-state index in [9.17, 15) is 46.8 Å². The Morgan fingerprint density at radius 3 is 2.56 bits per heavy atom. The summed E-state index contributed by atoms with van der Waals surface area (Å²) in [4.78, 5) is 81.0. The number of carbonyl (C=O) groups excluding carboxylic acids is 6. The van der Waals surface area contributed by atoms with Gasteiger partial charge < -0.3 is 43.3 Å². The van der Waals surface area contributed by atoms with Crippen LogP contribution >= 0.6 is 11.6 Å². The maximum Gasteiger partial charge on any atom is 0.409 e. The molecule has 0 aliphatic carbocycles. The van der Waals surface area contributed by atoms with E-state index in [4.69, 9.17) is 35.3 Å². The van der Waals surface area contributed by atoms with Crippen molar-refractivity contribution in [2.45, 2.75) is 100 Å². The van der Waals surface area contributed by atoms with E-state index in [2.05, 4.69) is 10.2 Å². The number of aliphatic hydroxyl groups is 1. The SMILES string of the molecule is COc1cc2cc(c1Cl)N(C)C(=O)CC(OC(=O)CC(C(=O)ONC(=O)CCC=O)S(=O)(=O)O)C1(C)OC1C(C)C1CC(O)(NC(=O)O1)C(OC)/C=C/C=C(\C)C2. The molecule has 1 aromatic carbocycles. The fourth-order valence-electron chi connectivity index (χ4n) is 6.69. The molecule has 8 atom stereocenters. The first-order valence-corrected chi connectivity index (χ1v) is 19.5. The number of allylic oxidation sites excluding steroid dienone is 3. The first-order chi connectivity index (χ1) is 26.7. The number of rotatable bonds is 10. The topological polar surface area (TPSA) is 263 Å². The van der Waals surface area contributed by atoms with E-state index in [1.54, 1.807) is 42.8 Å². The summed E-state index contributed by atoms with van der Waals surface area (Å²) in [6.45, 7) is 4.98. The Labute approximate surface area is 333 Å². The molecule has 2 fully saturated rings. The number of carbonyl (C=O) groups is 6. The van der Waals surface area contributed by atoms with Crippen LogP contribution in [0.5, 0.6) is 5.75 Å². The lowest BCUT2D eigenvalue weighted by Gasteiger charge is -2.42. The Bertz CT molecular complexity index is 1920. The number of methoxy groups -OCH3 is 2. The molecular weight excluding hydrogens is 798 g/mol. The Kier molecular flexibility index (Phi) is 14.5. The van der Waals surface area contributed by atoms with Crippen molar-refractivity contribution in [3.8, 4) is 5.75 Å². The minimum Gasteiger partial charge on any atom is -0.495 e. The monoisotopic (exact) mass is 843 g/mol. The van der Waals surface area contributed by atoms with Gasteiger partial charge in [0.2, 0.25) is 5.91 Å². The molecule has 1 aromatic rings. The summed E-state index contributed by atoms with van der Waals surface area (Å²) in [6.07, 6.45) is -2.43. The highest BCUT2D eigenvalue weighted by Gasteiger charge is 2.64. The van der Waals surface area contributed by atoms with Crippen LogP contribution in [-0.2, 0) is 64.3 Å². The minimum atomic E-state index is -5.35. The van der Waals surface area contributed by atoms with Crippen LogP contribution in [0.1, 0.15) is 58.4 Å². The smallest absolute Gasteiger partial charge is 0.409 e. The van der Waals surface area contributed by atoms with E-state index in [0.29, 0.717) is 18.3 Å². The average Bonchev–Trinajstić information content (AvgIpc) is 3.84.